The lowest BCUT2D eigenvalue weighted by molar-refractivity contribution is 0.297. The first-order valence-electron chi connectivity index (χ1n) is 4.33. The Morgan fingerprint density at radius 3 is 2.92 bits per heavy atom. The van der Waals surface area contributed by atoms with Gasteiger partial charge in [0.1, 0.15) is 4.66 Å². The minimum absolute atomic E-state index is 0.0113. The van der Waals surface area contributed by atoms with Crippen LogP contribution in [0.15, 0.2) is 0 Å². The third-order valence-corrected chi connectivity index (χ3v) is 5.63. The zero-order valence-corrected chi connectivity index (χ0v) is 9.55. The highest BCUT2D eigenvalue weighted by Gasteiger charge is 2.43. The van der Waals surface area contributed by atoms with Crippen molar-refractivity contribution in [1.82, 2.24) is 4.31 Å². The second kappa shape index (κ2) is 3.49. The van der Waals surface area contributed by atoms with Crippen molar-refractivity contribution >= 4 is 26.0 Å². The summed E-state index contributed by atoms with van der Waals surface area (Å²) in [6.07, 6.45) is 2.40. The Balaban J connectivity index is 2.06. The smallest absolute Gasteiger partial charge is 0.224 e. The van der Waals surface area contributed by atoms with Gasteiger partial charge in [-0.25, -0.2) is 8.42 Å². The van der Waals surface area contributed by atoms with Crippen LogP contribution in [0.5, 0.6) is 0 Å². The Kier molecular flexibility index (Phi) is 2.65. The standard InChI is InChI=1S/C7H12BrNO3S/c8-5-13(10,11)9-3-1-2-6-7(4-9)12-6/h6-7H,1-5H2/t6-,7-/m1/s1. The van der Waals surface area contributed by atoms with Crippen molar-refractivity contribution in [2.75, 3.05) is 17.8 Å². The fourth-order valence-electron chi connectivity index (χ4n) is 1.68. The molecule has 2 fully saturated rings. The van der Waals surface area contributed by atoms with E-state index in [2.05, 4.69) is 15.9 Å². The SMILES string of the molecule is O=S(=O)(CBr)N1CCC[C@H]2O[C@@H]2C1. The molecule has 4 nitrogen and oxygen atoms in total. The maximum Gasteiger partial charge on any atom is 0.224 e. The molecule has 0 aromatic carbocycles. The van der Waals surface area contributed by atoms with Crippen LogP contribution in [-0.2, 0) is 14.8 Å². The van der Waals surface area contributed by atoms with Gasteiger partial charge in [0.05, 0.1) is 12.2 Å². The normalized spacial score (nSPS) is 35.2. The number of hydrogen-bond donors (Lipinski definition) is 0. The Hall–Kier alpha value is 0.350. The molecule has 2 atom stereocenters. The zero-order chi connectivity index (χ0) is 9.47. The van der Waals surface area contributed by atoms with E-state index in [9.17, 15) is 8.42 Å². The molecular weight excluding hydrogens is 258 g/mol. The summed E-state index contributed by atoms with van der Waals surface area (Å²) < 4.78 is 29.8. The third-order valence-electron chi connectivity index (χ3n) is 2.50. The predicted molar refractivity (Wildman–Crippen MR) is 52.2 cm³/mol. The summed E-state index contributed by atoms with van der Waals surface area (Å²) in [4.78, 5) is 0. The molecule has 2 aliphatic rings. The minimum atomic E-state index is -3.08. The van der Waals surface area contributed by atoms with Crippen molar-refractivity contribution in [3.8, 4) is 0 Å². The van der Waals surface area contributed by atoms with Gasteiger partial charge in [-0.1, -0.05) is 15.9 Å². The molecular formula is C7H12BrNO3S. The molecule has 0 aromatic rings. The molecule has 13 heavy (non-hydrogen) atoms. The van der Waals surface area contributed by atoms with Crippen LogP contribution in [0.2, 0.25) is 0 Å². The minimum Gasteiger partial charge on any atom is -0.368 e. The molecule has 0 unspecified atom stereocenters. The average Bonchev–Trinajstić information content (AvgIpc) is 2.79. The van der Waals surface area contributed by atoms with E-state index in [1.54, 1.807) is 0 Å². The number of ether oxygens (including phenoxy) is 1. The number of sulfonamides is 1. The topological polar surface area (TPSA) is 49.9 Å². The van der Waals surface area contributed by atoms with Crippen molar-refractivity contribution in [2.45, 2.75) is 25.0 Å². The molecule has 0 aliphatic carbocycles. The Bertz CT molecular complexity index is 292. The molecule has 6 heteroatoms. The maximum atomic E-state index is 11.5. The van der Waals surface area contributed by atoms with Crippen LogP contribution in [0, 0.1) is 0 Å². The lowest BCUT2D eigenvalue weighted by atomic mass is 10.2. The number of hydrogen-bond acceptors (Lipinski definition) is 3. The van der Waals surface area contributed by atoms with Crippen molar-refractivity contribution in [1.29, 1.82) is 0 Å². The maximum absolute atomic E-state index is 11.5. The van der Waals surface area contributed by atoms with Gasteiger partial charge in [0.15, 0.2) is 0 Å². The van der Waals surface area contributed by atoms with Crippen LogP contribution in [0.1, 0.15) is 12.8 Å². The highest BCUT2D eigenvalue weighted by Crippen LogP contribution is 2.31. The first-order chi connectivity index (χ1) is 6.13. The van der Waals surface area contributed by atoms with Crippen LogP contribution in [0.4, 0.5) is 0 Å². The molecule has 0 bridgehead atoms. The molecule has 2 aliphatic heterocycles. The number of rotatable bonds is 2. The van der Waals surface area contributed by atoms with Crippen LogP contribution >= 0.6 is 15.9 Å². The van der Waals surface area contributed by atoms with Crippen molar-refractivity contribution in [3.05, 3.63) is 0 Å². The monoisotopic (exact) mass is 269 g/mol. The first kappa shape index (κ1) is 9.89. The van der Waals surface area contributed by atoms with Gasteiger partial charge in [0.2, 0.25) is 10.0 Å². The summed E-state index contributed by atoms with van der Waals surface area (Å²) in [7, 11) is -3.08. The summed E-state index contributed by atoms with van der Waals surface area (Å²) >= 11 is 3.00. The van der Waals surface area contributed by atoms with Gasteiger partial charge < -0.3 is 4.74 Å². The molecule has 0 amide bonds. The van der Waals surface area contributed by atoms with E-state index in [1.165, 1.54) is 4.31 Å². The van der Waals surface area contributed by atoms with Gasteiger partial charge in [0.25, 0.3) is 0 Å². The van der Waals surface area contributed by atoms with E-state index in [1.807, 2.05) is 0 Å². The van der Waals surface area contributed by atoms with E-state index >= 15 is 0 Å². The van der Waals surface area contributed by atoms with Crippen LogP contribution in [0.3, 0.4) is 0 Å². The average molecular weight is 270 g/mol. The lowest BCUT2D eigenvalue weighted by Gasteiger charge is -2.18. The number of halogens is 1. The highest BCUT2D eigenvalue weighted by molar-refractivity contribution is 9.10. The molecule has 0 radical (unpaired) electrons. The number of fused-ring (bicyclic) bond motifs is 1. The molecule has 76 valence electrons. The second-order valence-corrected chi connectivity index (χ2v) is 6.71. The summed E-state index contributed by atoms with van der Waals surface area (Å²) in [6, 6.07) is 0. The second-order valence-electron chi connectivity index (χ2n) is 3.43. The van der Waals surface area contributed by atoms with Crippen LogP contribution in [-0.4, -0.2) is 42.7 Å². The van der Waals surface area contributed by atoms with Gasteiger partial charge in [-0.2, -0.15) is 4.31 Å². The van der Waals surface area contributed by atoms with Crippen LogP contribution in [0.25, 0.3) is 0 Å². The van der Waals surface area contributed by atoms with Gasteiger partial charge in [-0.15, -0.1) is 0 Å². The highest BCUT2D eigenvalue weighted by atomic mass is 79.9. The van der Waals surface area contributed by atoms with Crippen molar-refractivity contribution in [3.63, 3.8) is 0 Å². The molecule has 0 saturated carbocycles. The van der Waals surface area contributed by atoms with E-state index < -0.39 is 10.0 Å². The van der Waals surface area contributed by atoms with Gasteiger partial charge in [-0.05, 0) is 12.8 Å². The molecule has 2 saturated heterocycles. The number of alkyl halides is 1. The van der Waals surface area contributed by atoms with E-state index in [0.717, 1.165) is 12.8 Å². The Morgan fingerprint density at radius 1 is 1.46 bits per heavy atom. The summed E-state index contributed by atoms with van der Waals surface area (Å²) in [6.45, 7) is 1.18. The largest absolute Gasteiger partial charge is 0.368 e. The predicted octanol–water partition coefficient (Wildman–Crippen LogP) is 0.532. The van der Waals surface area contributed by atoms with Crippen molar-refractivity contribution in [2.24, 2.45) is 0 Å². The first-order valence-corrected chi connectivity index (χ1v) is 7.06. The van der Waals surface area contributed by atoms with Gasteiger partial charge >= 0.3 is 0 Å². The summed E-state index contributed by atoms with van der Waals surface area (Å²) in [5, 5.41) is 0. The fourth-order valence-corrected chi connectivity index (χ4v) is 3.46. The summed E-state index contributed by atoms with van der Waals surface area (Å²) in [5.74, 6) is 0. The van der Waals surface area contributed by atoms with Gasteiger partial charge in [0, 0.05) is 13.1 Å². The van der Waals surface area contributed by atoms with Gasteiger partial charge in [-0.3, -0.25) is 0 Å². The molecule has 2 rings (SSSR count). The third kappa shape index (κ3) is 2.06. The quantitative estimate of drug-likeness (QED) is 0.543. The van der Waals surface area contributed by atoms with Crippen LogP contribution < -0.4 is 0 Å². The zero-order valence-electron chi connectivity index (χ0n) is 7.15. The molecule has 0 N–H and O–H groups in total. The Labute approximate surface area is 86.4 Å². The van der Waals surface area contributed by atoms with E-state index in [-0.39, 0.29) is 10.8 Å². The lowest BCUT2D eigenvalue weighted by Crippen LogP contribution is -2.34. The fraction of sp³-hybridized carbons (Fsp3) is 1.00. The summed E-state index contributed by atoms with van der Waals surface area (Å²) in [5.41, 5.74) is 0. The van der Waals surface area contributed by atoms with E-state index in [0.29, 0.717) is 19.2 Å². The number of nitrogens with zero attached hydrogens (tertiary/aromatic N) is 1. The Morgan fingerprint density at radius 2 is 2.23 bits per heavy atom. The molecule has 2 heterocycles. The van der Waals surface area contributed by atoms with E-state index in [4.69, 9.17) is 4.74 Å². The molecule has 0 aromatic heterocycles. The molecule has 0 spiro atoms. The number of epoxide rings is 1. The van der Waals surface area contributed by atoms with Crippen molar-refractivity contribution < 1.29 is 13.2 Å².